The molecule has 4 rings (SSSR count). The topological polar surface area (TPSA) is 141 Å². The van der Waals surface area contributed by atoms with E-state index >= 15 is 0 Å². The number of benzene rings is 2. The van der Waals surface area contributed by atoms with Crippen LogP contribution >= 0.6 is 0 Å². The Hall–Kier alpha value is -3.85. The minimum absolute atomic E-state index is 0.0372. The zero-order valence-corrected chi connectivity index (χ0v) is 22.3. The molecule has 11 heteroatoms. The first-order chi connectivity index (χ1) is 18.8. The summed E-state index contributed by atoms with van der Waals surface area (Å²) in [5.74, 6) is -0.547. The number of nitriles is 1. The molecule has 0 aliphatic carbocycles. The van der Waals surface area contributed by atoms with Crippen LogP contribution in [-0.4, -0.2) is 61.6 Å². The summed E-state index contributed by atoms with van der Waals surface area (Å²) in [5, 5.41) is 15.6. The molecule has 2 heterocycles. The summed E-state index contributed by atoms with van der Waals surface area (Å²) in [6.45, 7) is 0.984. The van der Waals surface area contributed by atoms with E-state index in [0.717, 1.165) is 5.56 Å². The summed E-state index contributed by atoms with van der Waals surface area (Å²) in [4.78, 5) is 17.9. The van der Waals surface area contributed by atoms with Crippen LogP contribution in [0.15, 0.2) is 60.7 Å². The summed E-state index contributed by atoms with van der Waals surface area (Å²) in [7, 11) is -3.49. The van der Waals surface area contributed by atoms with Gasteiger partial charge in [-0.2, -0.15) is 9.57 Å². The monoisotopic (exact) mass is 550 g/mol. The second-order valence-corrected chi connectivity index (χ2v) is 11.3. The van der Waals surface area contributed by atoms with Gasteiger partial charge in [-0.3, -0.25) is 4.79 Å². The molecular weight excluding hydrogens is 519 g/mol. The third-order valence-corrected chi connectivity index (χ3v) is 8.56. The molecular formula is C28H31FN6O3S. The number of halogens is 1. The Morgan fingerprint density at radius 2 is 2.00 bits per heavy atom. The number of aromatic nitrogens is 1. The van der Waals surface area contributed by atoms with Gasteiger partial charge in [0, 0.05) is 37.8 Å². The Bertz CT molecular complexity index is 1470. The van der Waals surface area contributed by atoms with Crippen molar-refractivity contribution >= 4 is 21.7 Å². The summed E-state index contributed by atoms with van der Waals surface area (Å²) < 4.78 is 40.1. The maximum atomic E-state index is 13.6. The summed E-state index contributed by atoms with van der Waals surface area (Å²) >= 11 is 0. The third kappa shape index (κ3) is 6.97. The summed E-state index contributed by atoms with van der Waals surface area (Å²) in [6.07, 6.45) is 1.85. The maximum absolute atomic E-state index is 13.6. The lowest BCUT2D eigenvalue weighted by Gasteiger charge is -2.24. The molecule has 4 N–H and O–H groups in total. The van der Waals surface area contributed by atoms with Gasteiger partial charge in [-0.25, -0.2) is 17.8 Å². The summed E-state index contributed by atoms with van der Waals surface area (Å²) in [6, 6.07) is 18.5. The van der Waals surface area contributed by atoms with Gasteiger partial charge in [-0.1, -0.05) is 30.3 Å². The van der Waals surface area contributed by atoms with Crippen molar-refractivity contribution < 1.29 is 17.6 Å². The van der Waals surface area contributed by atoms with Crippen molar-refractivity contribution in [3.63, 3.8) is 0 Å². The molecule has 0 unspecified atom stereocenters. The highest BCUT2D eigenvalue weighted by Gasteiger charge is 2.33. The zero-order chi connectivity index (χ0) is 27.8. The highest BCUT2D eigenvalue weighted by atomic mass is 32.2. The maximum Gasteiger partial charge on any atom is 0.255 e. The van der Waals surface area contributed by atoms with Crippen LogP contribution in [-0.2, 0) is 16.4 Å². The van der Waals surface area contributed by atoms with Crippen LogP contribution in [0.25, 0.3) is 11.3 Å². The van der Waals surface area contributed by atoms with E-state index in [1.54, 1.807) is 36.4 Å². The van der Waals surface area contributed by atoms with Crippen molar-refractivity contribution in [1.29, 1.82) is 5.26 Å². The third-order valence-electron chi connectivity index (χ3n) is 6.61. The van der Waals surface area contributed by atoms with Crippen molar-refractivity contribution in [2.75, 3.05) is 37.2 Å². The van der Waals surface area contributed by atoms with E-state index in [-0.39, 0.29) is 36.3 Å². The van der Waals surface area contributed by atoms with Crippen LogP contribution < -0.4 is 16.4 Å². The highest BCUT2D eigenvalue weighted by Crippen LogP contribution is 2.26. The van der Waals surface area contributed by atoms with Gasteiger partial charge in [-0.05, 0) is 55.2 Å². The van der Waals surface area contributed by atoms with Crippen molar-refractivity contribution in [3.8, 4) is 17.3 Å². The van der Waals surface area contributed by atoms with E-state index in [4.69, 9.17) is 5.73 Å². The molecule has 2 aromatic carbocycles. The molecule has 0 bridgehead atoms. The number of carbonyl (C=O) groups is 1. The zero-order valence-electron chi connectivity index (χ0n) is 21.4. The van der Waals surface area contributed by atoms with Crippen LogP contribution in [0.2, 0.25) is 0 Å². The Labute approximate surface area is 227 Å². The van der Waals surface area contributed by atoms with E-state index in [1.165, 1.54) is 16.4 Å². The number of nitrogens with zero attached hydrogens (tertiary/aromatic N) is 3. The molecule has 0 saturated carbocycles. The molecule has 1 aliphatic rings. The lowest BCUT2D eigenvalue weighted by molar-refractivity contribution is 0.0947. The number of amides is 1. The fraction of sp³-hybridized carbons (Fsp3) is 0.321. The number of hydrogen-bond acceptors (Lipinski definition) is 7. The number of anilines is 1. The van der Waals surface area contributed by atoms with E-state index in [0.29, 0.717) is 55.0 Å². The molecule has 39 heavy (non-hydrogen) atoms. The van der Waals surface area contributed by atoms with Gasteiger partial charge >= 0.3 is 0 Å². The van der Waals surface area contributed by atoms with Gasteiger partial charge in [0.2, 0.25) is 10.0 Å². The summed E-state index contributed by atoms with van der Waals surface area (Å²) in [5.41, 5.74) is 8.15. The van der Waals surface area contributed by atoms with Crippen molar-refractivity contribution in [2.45, 2.75) is 25.3 Å². The number of rotatable bonds is 11. The Morgan fingerprint density at radius 3 is 2.77 bits per heavy atom. The lowest BCUT2D eigenvalue weighted by atomic mass is 10.0. The molecule has 0 spiro atoms. The Balaban J connectivity index is 1.54. The quantitative estimate of drug-likeness (QED) is 0.333. The van der Waals surface area contributed by atoms with E-state index < -0.39 is 15.9 Å². The molecule has 9 nitrogen and oxygen atoms in total. The van der Waals surface area contributed by atoms with Gasteiger partial charge in [0.1, 0.15) is 11.6 Å². The first kappa shape index (κ1) is 28.2. The van der Waals surface area contributed by atoms with Crippen LogP contribution in [0, 0.1) is 17.1 Å². The van der Waals surface area contributed by atoms with Crippen LogP contribution in [0.4, 0.5) is 10.2 Å². The van der Waals surface area contributed by atoms with Crippen molar-refractivity contribution in [3.05, 3.63) is 83.2 Å². The first-order valence-corrected chi connectivity index (χ1v) is 14.4. The number of pyridine rings is 1. The molecule has 1 saturated heterocycles. The van der Waals surface area contributed by atoms with E-state index in [2.05, 4.69) is 21.7 Å². The van der Waals surface area contributed by atoms with Crippen molar-refractivity contribution in [2.24, 2.45) is 5.73 Å². The highest BCUT2D eigenvalue weighted by molar-refractivity contribution is 7.89. The Kier molecular flexibility index (Phi) is 9.24. The SMILES string of the molecule is N#Cc1ccccc1-c1ccc(C(=O)NC[C@H]2CCCN2S(=O)(=O)CCN)c(NCCc2cccc(F)c2)n1. The number of carbonyl (C=O) groups excluding carboxylic acids is 1. The molecule has 0 radical (unpaired) electrons. The van der Waals surface area contributed by atoms with Gasteiger partial charge in [0.05, 0.1) is 28.6 Å². The van der Waals surface area contributed by atoms with Gasteiger partial charge < -0.3 is 16.4 Å². The predicted molar refractivity (Wildman–Crippen MR) is 148 cm³/mol. The molecule has 1 atom stereocenters. The molecule has 1 amide bonds. The average molecular weight is 551 g/mol. The number of nitrogens with one attached hydrogen (secondary N) is 2. The normalized spacial score (nSPS) is 15.6. The Morgan fingerprint density at radius 1 is 1.18 bits per heavy atom. The van der Waals surface area contributed by atoms with Crippen LogP contribution in [0.3, 0.4) is 0 Å². The lowest BCUT2D eigenvalue weighted by Crippen LogP contribution is -2.44. The molecule has 1 aromatic heterocycles. The molecule has 1 fully saturated rings. The van der Waals surface area contributed by atoms with Crippen LogP contribution in [0.5, 0.6) is 0 Å². The number of nitrogens with two attached hydrogens (primary N) is 1. The van der Waals surface area contributed by atoms with E-state index in [1.807, 2.05) is 12.1 Å². The van der Waals surface area contributed by atoms with Crippen molar-refractivity contribution in [1.82, 2.24) is 14.6 Å². The molecule has 3 aromatic rings. The minimum atomic E-state index is -3.49. The largest absolute Gasteiger partial charge is 0.369 e. The van der Waals surface area contributed by atoms with Gasteiger partial charge in [0.25, 0.3) is 5.91 Å². The van der Waals surface area contributed by atoms with Gasteiger partial charge in [-0.15, -0.1) is 0 Å². The fourth-order valence-corrected chi connectivity index (χ4v) is 6.27. The molecule has 204 valence electrons. The fourth-order valence-electron chi connectivity index (χ4n) is 4.70. The minimum Gasteiger partial charge on any atom is -0.369 e. The standard InChI is InChI=1S/C28H31FN6O3S/c29-22-7-3-5-20(17-22)12-14-32-27-25(10-11-26(34-27)24-9-2-1-6-21(24)18-31)28(36)33-19-23-8-4-15-35(23)39(37,38)16-13-30/h1-3,5-7,9-11,17,23H,4,8,12-16,19,30H2,(H,32,34)(H,33,36)/t23-/m1/s1. The number of hydrogen-bond donors (Lipinski definition) is 3. The molecule has 1 aliphatic heterocycles. The van der Waals surface area contributed by atoms with Crippen LogP contribution in [0.1, 0.15) is 34.3 Å². The predicted octanol–water partition coefficient (Wildman–Crippen LogP) is 2.90. The smallest absolute Gasteiger partial charge is 0.255 e. The second kappa shape index (κ2) is 12.8. The second-order valence-electron chi connectivity index (χ2n) is 9.28. The number of sulfonamides is 1. The van der Waals surface area contributed by atoms with E-state index in [9.17, 15) is 22.9 Å². The average Bonchev–Trinajstić information content (AvgIpc) is 3.42. The first-order valence-electron chi connectivity index (χ1n) is 12.8. The van der Waals surface area contributed by atoms with Gasteiger partial charge in [0.15, 0.2) is 0 Å².